The van der Waals surface area contributed by atoms with Crippen LogP contribution < -0.4 is 15.0 Å². The van der Waals surface area contributed by atoms with Gasteiger partial charge in [0.15, 0.2) is 11.5 Å². The smallest absolute Gasteiger partial charge is 0.261 e. The summed E-state index contributed by atoms with van der Waals surface area (Å²) in [5.41, 5.74) is 0.480. The van der Waals surface area contributed by atoms with Crippen molar-refractivity contribution < 1.29 is 14.3 Å². The molecule has 1 aliphatic rings. The number of ether oxygens (including phenoxy) is 2. The molecule has 1 amide bonds. The Kier molecular flexibility index (Phi) is 4.92. The zero-order valence-corrected chi connectivity index (χ0v) is 14.9. The minimum Gasteiger partial charge on any atom is -0.493 e. The number of hydrogen-bond acceptors (Lipinski definition) is 5. The molecule has 1 aromatic carbocycles. The van der Waals surface area contributed by atoms with Crippen LogP contribution in [0.5, 0.6) is 11.5 Å². The predicted octanol–water partition coefficient (Wildman–Crippen LogP) is 1.60. The maximum absolute atomic E-state index is 12.9. The molecule has 134 valence electrons. The summed E-state index contributed by atoms with van der Waals surface area (Å²) in [5, 5.41) is 0.495. The highest BCUT2D eigenvalue weighted by Crippen LogP contribution is 2.30. The van der Waals surface area contributed by atoms with Crippen molar-refractivity contribution in [2.45, 2.75) is 32.7 Å². The van der Waals surface area contributed by atoms with Crippen LogP contribution in [-0.4, -0.2) is 47.7 Å². The minimum atomic E-state index is -0.106. The van der Waals surface area contributed by atoms with Crippen molar-refractivity contribution in [2.75, 3.05) is 27.3 Å². The van der Waals surface area contributed by atoms with Gasteiger partial charge >= 0.3 is 0 Å². The number of hydrogen-bond donors (Lipinski definition) is 0. The Bertz CT molecular complexity index is 860. The molecule has 7 heteroatoms. The SMILES string of the molecule is CCCC(=O)N1CCc2nc3cc(OC)c(OC)cc3c(=O)n2CC1. The van der Waals surface area contributed by atoms with Gasteiger partial charge in [0.1, 0.15) is 5.82 Å². The Balaban J connectivity index is 2.03. The van der Waals surface area contributed by atoms with Gasteiger partial charge in [-0.15, -0.1) is 0 Å². The van der Waals surface area contributed by atoms with Gasteiger partial charge in [-0.2, -0.15) is 0 Å². The molecule has 0 spiro atoms. The van der Waals surface area contributed by atoms with E-state index in [1.54, 1.807) is 23.8 Å². The van der Waals surface area contributed by atoms with Gasteiger partial charge < -0.3 is 14.4 Å². The molecule has 7 nitrogen and oxygen atoms in total. The minimum absolute atomic E-state index is 0.106. The van der Waals surface area contributed by atoms with Gasteiger partial charge in [0, 0.05) is 38.5 Å². The molecular formula is C18H23N3O4. The molecule has 0 atom stereocenters. The summed E-state index contributed by atoms with van der Waals surface area (Å²) in [6.07, 6.45) is 1.92. The number of amides is 1. The average Bonchev–Trinajstić information content (AvgIpc) is 2.84. The second-order valence-electron chi connectivity index (χ2n) is 6.09. The topological polar surface area (TPSA) is 73.7 Å². The number of benzene rings is 1. The first-order valence-corrected chi connectivity index (χ1v) is 8.52. The third-order valence-electron chi connectivity index (χ3n) is 4.55. The van der Waals surface area contributed by atoms with Crippen molar-refractivity contribution in [2.24, 2.45) is 0 Å². The molecule has 25 heavy (non-hydrogen) atoms. The predicted molar refractivity (Wildman–Crippen MR) is 94.3 cm³/mol. The van der Waals surface area contributed by atoms with Gasteiger partial charge in [-0.3, -0.25) is 14.2 Å². The van der Waals surface area contributed by atoms with Crippen molar-refractivity contribution in [3.8, 4) is 11.5 Å². The van der Waals surface area contributed by atoms with Crippen LogP contribution in [0.4, 0.5) is 0 Å². The first kappa shape index (κ1) is 17.3. The van der Waals surface area contributed by atoms with Crippen molar-refractivity contribution in [1.29, 1.82) is 0 Å². The van der Waals surface area contributed by atoms with E-state index in [1.165, 1.54) is 7.11 Å². The van der Waals surface area contributed by atoms with E-state index in [9.17, 15) is 9.59 Å². The lowest BCUT2D eigenvalue weighted by molar-refractivity contribution is -0.131. The normalized spacial score (nSPS) is 14.1. The van der Waals surface area contributed by atoms with Gasteiger partial charge in [0.25, 0.3) is 5.56 Å². The van der Waals surface area contributed by atoms with Crippen LogP contribution in [0.15, 0.2) is 16.9 Å². The fourth-order valence-electron chi connectivity index (χ4n) is 3.20. The molecule has 0 N–H and O–H groups in total. The van der Waals surface area contributed by atoms with Gasteiger partial charge in [-0.1, -0.05) is 6.92 Å². The van der Waals surface area contributed by atoms with Crippen molar-refractivity contribution in [1.82, 2.24) is 14.5 Å². The number of nitrogens with zero attached hydrogens (tertiary/aromatic N) is 3. The second kappa shape index (κ2) is 7.13. The summed E-state index contributed by atoms with van der Waals surface area (Å²) in [7, 11) is 3.09. The number of rotatable bonds is 4. The Labute approximate surface area is 146 Å². The molecule has 0 aliphatic carbocycles. The zero-order valence-electron chi connectivity index (χ0n) is 14.9. The van der Waals surface area contributed by atoms with Crippen LogP contribution in [0.3, 0.4) is 0 Å². The summed E-state index contributed by atoms with van der Waals surface area (Å²) in [5.74, 6) is 1.89. The van der Waals surface area contributed by atoms with E-state index in [1.807, 2.05) is 11.8 Å². The van der Waals surface area contributed by atoms with Gasteiger partial charge in [-0.25, -0.2) is 4.98 Å². The first-order valence-electron chi connectivity index (χ1n) is 8.52. The summed E-state index contributed by atoms with van der Waals surface area (Å²) >= 11 is 0. The molecule has 0 saturated heterocycles. The molecule has 0 saturated carbocycles. The molecular weight excluding hydrogens is 322 g/mol. The number of carbonyl (C=O) groups excluding carboxylic acids is 1. The Hall–Kier alpha value is -2.57. The second-order valence-corrected chi connectivity index (χ2v) is 6.09. The van der Waals surface area contributed by atoms with Crippen LogP contribution >= 0.6 is 0 Å². The lowest BCUT2D eigenvalue weighted by atomic mass is 10.2. The summed E-state index contributed by atoms with van der Waals surface area (Å²) in [6, 6.07) is 3.39. The van der Waals surface area contributed by atoms with E-state index in [0.717, 1.165) is 6.42 Å². The molecule has 1 aliphatic heterocycles. The van der Waals surface area contributed by atoms with Crippen LogP contribution in [0.2, 0.25) is 0 Å². The van der Waals surface area contributed by atoms with E-state index in [0.29, 0.717) is 60.7 Å². The zero-order chi connectivity index (χ0) is 18.0. The van der Waals surface area contributed by atoms with E-state index in [2.05, 4.69) is 4.98 Å². The molecule has 1 aromatic heterocycles. The largest absolute Gasteiger partial charge is 0.493 e. The highest BCUT2D eigenvalue weighted by molar-refractivity contribution is 5.82. The lowest BCUT2D eigenvalue weighted by Crippen LogP contribution is -2.34. The number of carbonyl (C=O) groups is 1. The average molecular weight is 345 g/mol. The van der Waals surface area contributed by atoms with Crippen LogP contribution in [0.25, 0.3) is 10.9 Å². The monoisotopic (exact) mass is 345 g/mol. The highest BCUT2D eigenvalue weighted by atomic mass is 16.5. The first-order chi connectivity index (χ1) is 12.1. The Morgan fingerprint density at radius 2 is 1.88 bits per heavy atom. The molecule has 0 fully saturated rings. The maximum Gasteiger partial charge on any atom is 0.261 e. The van der Waals surface area contributed by atoms with Crippen molar-refractivity contribution in [3.05, 3.63) is 28.3 Å². The van der Waals surface area contributed by atoms with Crippen molar-refractivity contribution >= 4 is 16.8 Å². The summed E-state index contributed by atoms with van der Waals surface area (Å²) < 4.78 is 12.3. The quantitative estimate of drug-likeness (QED) is 0.841. The van der Waals surface area contributed by atoms with E-state index < -0.39 is 0 Å². The van der Waals surface area contributed by atoms with E-state index in [4.69, 9.17) is 9.47 Å². The van der Waals surface area contributed by atoms with Gasteiger partial charge in [-0.05, 0) is 12.5 Å². The maximum atomic E-state index is 12.9. The van der Waals surface area contributed by atoms with Crippen LogP contribution in [0.1, 0.15) is 25.6 Å². The van der Waals surface area contributed by atoms with Gasteiger partial charge in [0.2, 0.25) is 5.91 Å². The van der Waals surface area contributed by atoms with Crippen LogP contribution in [0, 0.1) is 0 Å². The summed E-state index contributed by atoms with van der Waals surface area (Å²) in [4.78, 5) is 31.6. The highest BCUT2D eigenvalue weighted by Gasteiger charge is 2.21. The fraction of sp³-hybridized carbons (Fsp3) is 0.500. The summed E-state index contributed by atoms with van der Waals surface area (Å²) in [6.45, 7) is 3.57. The Morgan fingerprint density at radius 1 is 1.16 bits per heavy atom. The number of fused-ring (bicyclic) bond motifs is 2. The molecule has 0 unspecified atom stereocenters. The number of aromatic nitrogens is 2. The van der Waals surface area contributed by atoms with E-state index >= 15 is 0 Å². The Morgan fingerprint density at radius 3 is 2.56 bits per heavy atom. The van der Waals surface area contributed by atoms with Crippen molar-refractivity contribution in [3.63, 3.8) is 0 Å². The molecule has 2 heterocycles. The standard InChI is InChI=1S/C18H23N3O4/c1-4-5-17(22)20-7-6-16-19-13-11-15(25-3)14(24-2)10-12(13)18(23)21(16)9-8-20/h10-11H,4-9H2,1-3H3. The lowest BCUT2D eigenvalue weighted by Gasteiger charge is -2.19. The van der Waals surface area contributed by atoms with Crippen LogP contribution in [-0.2, 0) is 17.8 Å². The number of methoxy groups -OCH3 is 2. The third-order valence-corrected chi connectivity index (χ3v) is 4.55. The van der Waals surface area contributed by atoms with E-state index in [-0.39, 0.29) is 11.5 Å². The van der Waals surface area contributed by atoms with Gasteiger partial charge in [0.05, 0.1) is 25.1 Å². The molecule has 2 aromatic rings. The molecule has 3 rings (SSSR count). The fourth-order valence-corrected chi connectivity index (χ4v) is 3.20. The molecule has 0 radical (unpaired) electrons. The molecule has 0 bridgehead atoms. The third kappa shape index (κ3) is 3.18.